The number of aliphatic hydroxyl groups is 3. The van der Waals surface area contributed by atoms with Crippen LogP contribution in [0, 0.1) is 0 Å². The molecule has 1 aliphatic rings. The van der Waals surface area contributed by atoms with Crippen LogP contribution in [0.1, 0.15) is 29.7 Å². The van der Waals surface area contributed by atoms with Crippen molar-refractivity contribution in [3.8, 4) is 5.75 Å². The Bertz CT molecular complexity index is 783. The molecule has 0 amide bonds. The lowest BCUT2D eigenvalue weighted by molar-refractivity contribution is -0.227. The van der Waals surface area contributed by atoms with Gasteiger partial charge >= 0.3 is 0 Å². The van der Waals surface area contributed by atoms with Crippen molar-refractivity contribution in [1.82, 2.24) is 0 Å². The summed E-state index contributed by atoms with van der Waals surface area (Å²) in [4.78, 5) is 0. The molecule has 7 heteroatoms. The molecule has 0 radical (unpaired) electrons. The van der Waals surface area contributed by atoms with Crippen molar-refractivity contribution in [2.24, 2.45) is 0 Å². The van der Waals surface area contributed by atoms with Crippen LogP contribution in [0.4, 0.5) is 4.39 Å². The minimum absolute atomic E-state index is 0.541. The van der Waals surface area contributed by atoms with Gasteiger partial charge in [0.2, 0.25) is 0 Å². The first-order chi connectivity index (χ1) is 13.4. The van der Waals surface area contributed by atoms with Gasteiger partial charge in [-0.25, -0.2) is 4.39 Å². The van der Waals surface area contributed by atoms with E-state index in [0.717, 1.165) is 16.9 Å². The average Bonchev–Trinajstić information content (AvgIpc) is 2.70. The standard InChI is InChI=1S/C21H24ClFO5/c1-2-27-15-6-3-12(4-7-15)9-14-10-13(5-8-16(14)22)21-20(26)19(25)18(24)17(11-23)28-21/h3-8,10,17-21,24-26H,2,9,11H2,1H3/t17-,18+,19+,20+,21+/m1/s1. The highest BCUT2D eigenvalue weighted by atomic mass is 35.5. The van der Waals surface area contributed by atoms with E-state index in [1.807, 2.05) is 31.2 Å². The van der Waals surface area contributed by atoms with Crippen molar-refractivity contribution in [3.05, 3.63) is 64.2 Å². The van der Waals surface area contributed by atoms with Crippen molar-refractivity contribution in [2.45, 2.75) is 43.9 Å². The predicted molar refractivity (Wildman–Crippen MR) is 103 cm³/mol. The van der Waals surface area contributed by atoms with E-state index in [2.05, 4.69) is 0 Å². The second kappa shape index (κ2) is 9.20. The Hall–Kier alpha value is -1.70. The van der Waals surface area contributed by atoms with Gasteiger partial charge in [0.15, 0.2) is 0 Å². The van der Waals surface area contributed by atoms with Crippen molar-refractivity contribution >= 4 is 11.6 Å². The molecule has 1 aliphatic heterocycles. The van der Waals surface area contributed by atoms with Gasteiger partial charge in [-0.1, -0.05) is 35.9 Å². The van der Waals surface area contributed by atoms with Crippen molar-refractivity contribution in [1.29, 1.82) is 0 Å². The molecule has 152 valence electrons. The summed E-state index contributed by atoms with van der Waals surface area (Å²) in [6, 6.07) is 12.8. The maximum absolute atomic E-state index is 13.1. The monoisotopic (exact) mass is 410 g/mol. The summed E-state index contributed by atoms with van der Waals surface area (Å²) in [5, 5.41) is 30.7. The van der Waals surface area contributed by atoms with Crippen LogP contribution in [0.3, 0.4) is 0 Å². The first-order valence-corrected chi connectivity index (χ1v) is 9.58. The number of aliphatic hydroxyl groups excluding tert-OH is 3. The van der Waals surface area contributed by atoms with E-state index in [1.54, 1.807) is 18.2 Å². The smallest absolute Gasteiger partial charge is 0.119 e. The van der Waals surface area contributed by atoms with E-state index in [0.29, 0.717) is 23.6 Å². The molecule has 0 aromatic heterocycles. The highest BCUT2D eigenvalue weighted by molar-refractivity contribution is 6.31. The maximum atomic E-state index is 13.1. The Morgan fingerprint density at radius 1 is 1.04 bits per heavy atom. The lowest BCUT2D eigenvalue weighted by atomic mass is 9.90. The van der Waals surface area contributed by atoms with Gasteiger partial charge in [-0.15, -0.1) is 0 Å². The molecule has 1 saturated heterocycles. The molecule has 1 fully saturated rings. The summed E-state index contributed by atoms with van der Waals surface area (Å²) in [7, 11) is 0. The molecule has 3 rings (SSSR count). The number of hydrogen-bond donors (Lipinski definition) is 3. The predicted octanol–water partition coefficient (Wildman–Crippen LogP) is 2.82. The molecule has 0 spiro atoms. The fourth-order valence-corrected chi connectivity index (χ4v) is 3.54. The van der Waals surface area contributed by atoms with Gasteiger partial charge in [-0.2, -0.15) is 0 Å². The third-order valence-electron chi connectivity index (χ3n) is 4.89. The lowest BCUT2D eigenvalue weighted by Gasteiger charge is -2.40. The minimum atomic E-state index is -1.50. The van der Waals surface area contributed by atoms with Gasteiger partial charge < -0.3 is 24.8 Å². The van der Waals surface area contributed by atoms with E-state index in [9.17, 15) is 19.7 Å². The first-order valence-electron chi connectivity index (χ1n) is 9.20. The Morgan fingerprint density at radius 3 is 2.39 bits per heavy atom. The summed E-state index contributed by atoms with van der Waals surface area (Å²) >= 11 is 6.33. The van der Waals surface area contributed by atoms with Crippen molar-refractivity contribution in [2.75, 3.05) is 13.3 Å². The van der Waals surface area contributed by atoms with Gasteiger partial charge in [-0.3, -0.25) is 0 Å². The number of hydrogen-bond acceptors (Lipinski definition) is 5. The molecular formula is C21H24ClFO5. The van der Waals surface area contributed by atoms with E-state index in [1.165, 1.54) is 0 Å². The number of ether oxygens (including phenoxy) is 2. The van der Waals surface area contributed by atoms with E-state index in [-0.39, 0.29) is 0 Å². The number of halogens is 2. The van der Waals surface area contributed by atoms with Crippen LogP contribution < -0.4 is 4.74 Å². The highest BCUT2D eigenvalue weighted by Gasteiger charge is 2.44. The zero-order valence-corrected chi connectivity index (χ0v) is 16.2. The molecule has 3 N–H and O–H groups in total. The summed E-state index contributed by atoms with van der Waals surface area (Å²) in [6.45, 7) is 1.55. The number of rotatable bonds is 6. The van der Waals surface area contributed by atoms with Gasteiger partial charge in [0.1, 0.15) is 42.9 Å². The fraction of sp³-hybridized carbons (Fsp3) is 0.429. The Morgan fingerprint density at radius 2 is 1.75 bits per heavy atom. The second-order valence-corrected chi connectivity index (χ2v) is 7.23. The van der Waals surface area contributed by atoms with Crippen LogP contribution in [0.2, 0.25) is 5.02 Å². The topological polar surface area (TPSA) is 79.2 Å². The summed E-state index contributed by atoms with van der Waals surface area (Å²) in [5.41, 5.74) is 2.38. The third-order valence-corrected chi connectivity index (χ3v) is 5.26. The van der Waals surface area contributed by atoms with Gasteiger partial charge in [-0.05, 0) is 48.2 Å². The van der Waals surface area contributed by atoms with E-state index in [4.69, 9.17) is 21.1 Å². The molecule has 0 saturated carbocycles. The molecule has 0 bridgehead atoms. The third kappa shape index (κ3) is 4.47. The zero-order chi connectivity index (χ0) is 20.3. The van der Waals surface area contributed by atoms with Gasteiger partial charge in [0.25, 0.3) is 0 Å². The van der Waals surface area contributed by atoms with Crippen LogP contribution >= 0.6 is 11.6 Å². The molecule has 5 atom stereocenters. The Balaban J connectivity index is 1.82. The normalized spacial score (nSPS) is 27.6. The van der Waals surface area contributed by atoms with Crippen LogP contribution in [0.15, 0.2) is 42.5 Å². The molecular weight excluding hydrogens is 387 g/mol. The van der Waals surface area contributed by atoms with Crippen LogP contribution in [-0.4, -0.2) is 53.0 Å². The van der Waals surface area contributed by atoms with Gasteiger partial charge in [0.05, 0.1) is 6.61 Å². The van der Waals surface area contributed by atoms with Crippen LogP contribution in [-0.2, 0) is 11.2 Å². The molecule has 2 aromatic rings. The Labute approximate surface area is 168 Å². The van der Waals surface area contributed by atoms with Crippen molar-refractivity contribution < 1.29 is 29.2 Å². The minimum Gasteiger partial charge on any atom is -0.494 e. The highest BCUT2D eigenvalue weighted by Crippen LogP contribution is 2.34. The summed E-state index contributed by atoms with van der Waals surface area (Å²) in [6.07, 6.45) is -5.97. The average molecular weight is 411 g/mol. The van der Waals surface area contributed by atoms with E-state index >= 15 is 0 Å². The largest absolute Gasteiger partial charge is 0.494 e. The summed E-state index contributed by atoms with van der Waals surface area (Å²) in [5.74, 6) is 0.787. The molecule has 0 unspecified atom stereocenters. The van der Waals surface area contributed by atoms with Gasteiger partial charge in [0, 0.05) is 5.02 Å². The summed E-state index contributed by atoms with van der Waals surface area (Å²) < 4.78 is 24.1. The lowest BCUT2D eigenvalue weighted by Crippen LogP contribution is -2.54. The molecule has 28 heavy (non-hydrogen) atoms. The first kappa shape index (κ1) is 21.0. The second-order valence-electron chi connectivity index (χ2n) is 6.83. The molecule has 2 aromatic carbocycles. The van der Waals surface area contributed by atoms with E-state index < -0.39 is 37.2 Å². The SMILES string of the molecule is CCOc1ccc(Cc2cc([C@@H]3O[C@H](CF)[C@H](O)[C@H](O)[C@@H]3O)ccc2Cl)cc1. The Kier molecular flexibility index (Phi) is 6.91. The molecule has 5 nitrogen and oxygen atoms in total. The van der Waals surface area contributed by atoms with Crippen LogP contribution in [0.5, 0.6) is 5.75 Å². The van der Waals surface area contributed by atoms with Crippen LogP contribution in [0.25, 0.3) is 0 Å². The number of benzene rings is 2. The van der Waals surface area contributed by atoms with Crippen molar-refractivity contribution in [3.63, 3.8) is 0 Å². The fourth-order valence-electron chi connectivity index (χ4n) is 3.35. The quantitative estimate of drug-likeness (QED) is 0.682. The molecule has 0 aliphatic carbocycles. The maximum Gasteiger partial charge on any atom is 0.119 e. The zero-order valence-electron chi connectivity index (χ0n) is 15.5. The molecule has 1 heterocycles. The number of alkyl halides is 1.